The number of amides is 1. The molecule has 1 amide bonds. The van der Waals surface area contributed by atoms with Gasteiger partial charge in [-0.15, -0.1) is 0 Å². The van der Waals surface area contributed by atoms with Gasteiger partial charge < -0.3 is 20.3 Å². The fraction of sp³-hybridized carbons (Fsp3) is 0.500. The van der Waals surface area contributed by atoms with Gasteiger partial charge in [0.05, 0.1) is 7.11 Å². The van der Waals surface area contributed by atoms with Gasteiger partial charge in [-0.05, 0) is 12.6 Å². The molecule has 0 saturated carbocycles. The van der Waals surface area contributed by atoms with E-state index in [-0.39, 0.29) is 5.91 Å². The smallest absolute Gasteiger partial charge is 0.329 e. The van der Waals surface area contributed by atoms with Crippen LogP contribution in [0.25, 0.3) is 0 Å². The van der Waals surface area contributed by atoms with Crippen LogP contribution in [0.5, 0.6) is 0 Å². The number of ether oxygens (including phenoxy) is 1. The van der Waals surface area contributed by atoms with E-state index < -0.39 is 12.0 Å². The minimum Gasteiger partial charge on any atom is -0.467 e. The molecule has 122 valence electrons. The Labute approximate surface area is 131 Å². The maximum Gasteiger partial charge on any atom is 0.329 e. The molecule has 1 unspecified atom stereocenters. The lowest BCUT2D eigenvalue weighted by molar-refractivity contribution is -0.145. The third kappa shape index (κ3) is 7.19. The summed E-state index contributed by atoms with van der Waals surface area (Å²) in [7, 11) is 3.22. The van der Waals surface area contributed by atoms with Crippen molar-refractivity contribution in [1.29, 1.82) is 0 Å². The molecular formula is C16H25N3O3. The fourth-order valence-corrected chi connectivity index (χ4v) is 2.07. The Hall–Kier alpha value is -1.92. The van der Waals surface area contributed by atoms with Crippen LogP contribution in [0.4, 0.5) is 0 Å². The molecule has 1 rings (SSSR count). The zero-order chi connectivity index (χ0) is 16.4. The van der Waals surface area contributed by atoms with Gasteiger partial charge >= 0.3 is 5.97 Å². The van der Waals surface area contributed by atoms with Gasteiger partial charge in [0.25, 0.3) is 0 Å². The summed E-state index contributed by atoms with van der Waals surface area (Å²) in [5.41, 5.74) is 1.23. The maximum atomic E-state index is 11.6. The number of carbonyl (C=O) groups is 2. The SMILES string of the molecule is COC(=O)C(CN(C)CCNCc1ccccc1)NC(C)=O. The molecule has 0 heterocycles. The number of likely N-dealkylation sites (N-methyl/N-ethyl adjacent to an activating group) is 1. The largest absolute Gasteiger partial charge is 0.467 e. The Morgan fingerprint density at radius 1 is 1.27 bits per heavy atom. The van der Waals surface area contributed by atoms with Crippen LogP contribution in [0, 0.1) is 0 Å². The molecule has 0 saturated heterocycles. The van der Waals surface area contributed by atoms with Gasteiger partial charge in [-0.3, -0.25) is 4.79 Å². The first kappa shape index (κ1) is 18.1. The molecule has 6 heteroatoms. The van der Waals surface area contributed by atoms with Crippen LogP contribution in [-0.4, -0.2) is 56.6 Å². The maximum absolute atomic E-state index is 11.6. The lowest BCUT2D eigenvalue weighted by Gasteiger charge is -2.23. The molecule has 1 atom stereocenters. The third-order valence-electron chi connectivity index (χ3n) is 3.20. The van der Waals surface area contributed by atoms with Crippen molar-refractivity contribution in [3.63, 3.8) is 0 Å². The van der Waals surface area contributed by atoms with E-state index >= 15 is 0 Å². The van der Waals surface area contributed by atoms with E-state index in [4.69, 9.17) is 4.74 Å². The van der Waals surface area contributed by atoms with Crippen molar-refractivity contribution in [2.24, 2.45) is 0 Å². The number of methoxy groups -OCH3 is 1. The van der Waals surface area contributed by atoms with E-state index in [9.17, 15) is 9.59 Å². The van der Waals surface area contributed by atoms with Crippen molar-refractivity contribution in [1.82, 2.24) is 15.5 Å². The first-order valence-electron chi connectivity index (χ1n) is 7.31. The molecule has 0 aromatic heterocycles. The van der Waals surface area contributed by atoms with Crippen LogP contribution in [0.3, 0.4) is 0 Å². The van der Waals surface area contributed by atoms with Gasteiger partial charge in [0.15, 0.2) is 0 Å². The molecule has 0 aliphatic rings. The first-order chi connectivity index (χ1) is 10.5. The Bertz CT molecular complexity index is 465. The van der Waals surface area contributed by atoms with E-state index in [2.05, 4.69) is 22.8 Å². The third-order valence-corrected chi connectivity index (χ3v) is 3.20. The summed E-state index contributed by atoms with van der Waals surface area (Å²) >= 11 is 0. The molecular weight excluding hydrogens is 282 g/mol. The molecule has 0 aliphatic heterocycles. The Kier molecular flexibility index (Phi) is 8.17. The molecule has 0 aliphatic carbocycles. The molecule has 0 bridgehead atoms. The molecule has 0 fully saturated rings. The first-order valence-corrected chi connectivity index (χ1v) is 7.31. The summed E-state index contributed by atoms with van der Waals surface area (Å²) in [4.78, 5) is 24.7. The summed E-state index contributed by atoms with van der Waals surface area (Å²) < 4.78 is 4.70. The molecule has 1 aromatic carbocycles. The zero-order valence-corrected chi connectivity index (χ0v) is 13.5. The van der Waals surface area contributed by atoms with Gasteiger partial charge in [0.1, 0.15) is 6.04 Å². The topological polar surface area (TPSA) is 70.7 Å². The predicted molar refractivity (Wildman–Crippen MR) is 85.3 cm³/mol. The molecule has 0 radical (unpaired) electrons. The summed E-state index contributed by atoms with van der Waals surface area (Å²) in [5, 5.41) is 5.95. The molecule has 22 heavy (non-hydrogen) atoms. The summed E-state index contributed by atoms with van der Waals surface area (Å²) in [6.07, 6.45) is 0. The van der Waals surface area contributed by atoms with Crippen LogP contribution in [0.15, 0.2) is 30.3 Å². The second-order valence-electron chi connectivity index (χ2n) is 5.20. The van der Waals surface area contributed by atoms with Gasteiger partial charge in [-0.25, -0.2) is 4.79 Å². The fourth-order valence-electron chi connectivity index (χ4n) is 2.07. The van der Waals surface area contributed by atoms with E-state index in [0.717, 1.165) is 19.6 Å². The van der Waals surface area contributed by atoms with Crippen molar-refractivity contribution >= 4 is 11.9 Å². The van der Waals surface area contributed by atoms with Gasteiger partial charge in [-0.1, -0.05) is 30.3 Å². The molecule has 1 aromatic rings. The highest BCUT2D eigenvalue weighted by Gasteiger charge is 2.21. The van der Waals surface area contributed by atoms with Crippen molar-refractivity contribution in [2.75, 3.05) is 33.8 Å². The number of hydrogen-bond acceptors (Lipinski definition) is 5. The van der Waals surface area contributed by atoms with Crippen LogP contribution < -0.4 is 10.6 Å². The van der Waals surface area contributed by atoms with Gasteiger partial charge in [0, 0.05) is 33.1 Å². The summed E-state index contributed by atoms with van der Waals surface area (Å²) in [5.74, 6) is -0.676. The zero-order valence-electron chi connectivity index (χ0n) is 13.5. The number of esters is 1. The Morgan fingerprint density at radius 2 is 1.95 bits per heavy atom. The molecule has 6 nitrogen and oxygen atoms in total. The second-order valence-corrected chi connectivity index (χ2v) is 5.20. The highest BCUT2D eigenvalue weighted by Crippen LogP contribution is 1.97. The van der Waals surface area contributed by atoms with Crippen molar-refractivity contribution in [3.8, 4) is 0 Å². The quantitative estimate of drug-likeness (QED) is 0.510. The number of rotatable bonds is 9. The second kappa shape index (κ2) is 9.92. The summed E-state index contributed by atoms with van der Waals surface area (Å²) in [6.45, 7) is 4.16. The van der Waals surface area contributed by atoms with Crippen molar-refractivity contribution in [3.05, 3.63) is 35.9 Å². The summed E-state index contributed by atoms with van der Waals surface area (Å²) in [6, 6.07) is 9.52. The number of benzene rings is 1. The van der Waals surface area contributed by atoms with E-state index in [1.54, 1.807) is 0 Å². The highest BCUT2D eigenvalue weighted by atomic mass is 16.5. The monoisotopic (exact) mass is 307 g/mol. The highest BCUT2D eigenvalue weighted by molar-refractivity contribution is 5.83. The predicted octanol–water partition coefficient (Wildman–Crippen LogP) is 0.386. The van der Waals surface area contributed by atoms with Crippen LogP contribution in [-0.2, 0) is 20.9 Å². The number of nitrogens with zero attached hydrogens (tertiary/aromatic N) is 1. The van der Waals surface area contributed by atoms with E-state index in [1.165, 1.54) is 19.6 Å². The van der Waals surface area contributed by atoms with Gasteiger partial charge in [0.2, 0.25) is 5.91 Å². The van der Waals surface area contributed by atoms with Crippen LogP contribution in [0.1, 0.15) is 12.5 Å². The minimum atomic E-state index is -0.637. The lowest BCUT2D eigenvalue weighted by Crippen LogP contribution is -2.48. The number of nitrogens with one attached hydrogen (secondary N) is 2. The van der Waals surface area contributed by atoms with E-state index in [0.29, 0.717) is 6.54 Å². The Morgan fingerprint density at radius 3 is 2.55 bits per heavy atom. The van der Waals surface area contributed by atoms with Gasteiger partial charge in [-0.2, -0.15) is 0 Å². The lowest BCUT2D eigenvalue weighted by atomic mass is 10.2. The minimum absolute atomic E-state index is 0.244. The van der Waals surface area contributed by atoms with Crippen LogP contribution >= 0.6 is 0 Å². The standard InChI is InChI=1S/C16H25N3O3/c1-13(20)18-15(16(21)22-3)12-19(2)10-9-17-11-14-7-5-4-6-8-14/h4-8,15,17H,9-12H2,1-3H3,(H,18,20). The Balaban J connectivity index is 2.29. The normalized spacial score (nSPS) is 12.0. The number of hydrogen-bond donors (Lipinski definition) is 2. The average Bonchev–Trinajstić information content (AvgIpc) is 2.50. The molecule has 2 N–H and O–H groups in total. The molecule has 0 spiro atoms. The van der Waals surface area contributed by atoms with Crippen molar-refractivity contribution in [2.45, 2.75) is 19.5 Å². The van der Waals surface area contributed by atoms with E-state index in [1.807, 2.05) is 30.1 Å². The average molecular weight is 307 g/mol. The number of carbonyl (C=O) groups excluding carboxylic acids is 2. The van der Waals surface area contributed by atoms with Crippen LogP contribution in [0.2, 0.25) is 0 Å². The van der Waals surface area contributed by atoms with Crippen molar-refractivity contribution < 1.29 is 14.3 Å².